The lowest BCUT2D eigenvalue weighted by atomic mass is 10.1. The van der Waals surface area contributed by atoms with E-state index in [2.05, 4.69) is 10.6 Å². The first-order chi connectivity index (χ1) is 12.3. The maximum absolute atomic E-state index is 13.7. The summed E-state index contributed by atoms with van der Waals surface area (Å²) in [5.41, 5.74) is -1.03. The van der Waals surface area contributed by atoms with Gasteiger partial charge in [0.2, 0.25) is 11.8 Å². The van der Waals surface area contributed by atoms with Gasteiger partial charge in [0.1, 0.15) is 23.9 Å². The van der Waals surface area contributed by atoms with Crippen LogP contribution in [-0.4, -0.2) is 34.7 Å². The van der Waals surface area contributed by atoms with Gasteiger partial charge in [-0.25, -0.2) is 13.6 Å². The molecular formula is C17H20F2N2O5. The predicted molar refractivity (Wildman–Crippen MR) is 85.8 cm³/mol. The smallest absolute Gasteiger partial charge is 0.341 e. The van der Waals surface area contributed by atoms with Crippen molar-refractivity contribution in [3.05, 3.63) is 34.9 Å². The predicted octanol–water partition coefficient (Wildman–Crippen LogP) is 1.15. The molecule has 26 heavy (non-hydrogen) atoms. The molecule has 0 heterocycles. The summed E-state index contributed by atoms with van der Waals surface area (Å²) in [6.07, 6.45) is 3.62. The Morgan fingerprint density at radius 2 is 1.54 bits per heavy atom. The van der Waals surface area contributed by atoms with Crippen LogP contribution in [0.4, 0.5) is 8.78 Å². The fourth-order valence-corrected chi connectivity index (χ4v) is 2.17. The van der Waals surface area contributed by atoms with Crippen LogP contribution in [0.3, 0.4) is 0 Å². The van der Waals surface area contributed by atoms with E-state index < -0.39 is 23.2 Å². The SMILES string of the molecule is O=C(NCO)C1CC1.O=C(O)c1c(F)ccc(CNC(=O)C2CC2)c1F. The Morgan fingerprint density at radius 3 is 2.00 bits per heavy atom. The van der Waals surface area contributed by atoms with Crippen LogP contribution >= 0.6 is 0 Å². The molecule has 3 rings (SSSR count). The van der Waals surface area contributed by atoms with E-state index >= 15 is 0 Å². The Labute approximate surface area is 148 Å². The zero-order valence-electron chi connectivity index (χ0n) is 13.9. The fraction of sp³-hybridized carbons (Fsp3) is 0.471. The van der Waals surface area contributed by atoms with Crippen molar-refractivity contribution in [1.82, 2.24) is 10.6 Å². The van der Waals surface area contributed by atoms with Crippen molar-refractivity contribution in [2.45, 2.75) is 32.2 Å². The van der Waals surface area contributed by atoms with Gasteiger partial charge in [0.15, 0.2) is 0 Å². The second-order valence-electron chi connectivity index (χ2n) is 6.17. The Bertz CT molecular complexity index is 703. The number of hydrogen-bond donors (Lipinski definition) is 4. The summed E-state index contributed by atoms with van der Waals surface area (Å²) in [4.78, 5) is 32.6. The Balaban J connectivity index is 0.000000254. The van der Waals surface area contributed by atoms with Gasteiger partial charge in [0.05, 0.1) is 0 Å². The summed E-state index contributed by atoms with van der Waals surface area (Å²) in [7, 11) is 0. The Morgan fingerprint density at radius 1 is 1.00 bits per heavy atom. The average Bonchev–Trinajstić information content (AvgIpc) is 3.48. The lowest BCUT2D eigenvalue weighted by Gasteiger charge is -2.08. The molecule has 9 heteroatoms. The van der Waals surface area contributed by atoms with Crippen molar-refractivity contribution in [2.75, 3.05) is 6.73 Å². The maximum atomic E-state index is 13.7. The molecule has 0 saturated heterocycles. The minimum atomic E-state index is -1.67. The second kappa shape index (κ2) is 8.70. The molecule has 142 valence electrons. The van der Waals surface area contributed by atoms with Crippen molar-refractivity contribution >= 4 is 17.8 Å². The van der Waals surface area contributed by atoms with E-state index in [-0.39, 0.29) is 42.5 Å². The lowest BCUT2D eigenvalue weighted by molar-refractivity contribution is -0.123. The van der Waals surface area contributed by atoms with E-state index in [0.717, 1.165) is 37.8 Å². The van der Waals surface area contributed by atoms with Gasteiger partial charge in [-0.15, -0.1) is 0 Å². The van der Waals surface area contributed by atoms with Crippen LogP contribution in [0.15, 0.2) is 12.1 Å². The molecule has 2 amide bonds. The molecule has 1 aromatic rings. The molecule has 0 spiro atoms. The third-order valence-electron chi connectivity index (χ3n) is 3.99. The number of carbonyl (C=O) groups is 3. The van der Waals surface area contributed by atoms with Gasteiger partial charge in [-0.3, -0.25) is 9.59 Å². The van der Waals surface area contributed by atoms with E-state index in [1.165, 1.54) is 0 Å². The molecule has 0 unspecified atom stereocenters. The quantitative estimate of drug-likeness (QED) is 0.561. The number of rotatable bonds is 6. The summed E-state index contributed by atoms with van der Waals surface area (Å²) >= 11 is 0. The molecule has 1 aromatic carbocycles. The van der Waals surface area contributed by atoms with Gasteiger partial charge in [-0.05, 0) is 31.7 Å². The van der Waals surface area contributed by atoms with Gasteiger partial charge in [0, 0.05) is 23.9 Å². The summed E-state index contributed by atoms with van der Waals surface area (Å²) < 4.78 is 26.8. The van der Waals surface area contributed by atoms with Gasteiger partial charge >= 0.3 is 5.97 Å². The maximum Gasteiger partial charge on any atom is 0.341 e. The number of carboxylic acid groups (broad SMARTS) is 1. The highest BCUT2D eigenvalue weighted by Gasteiger charge is 2.30. The number of aromatic carboxylic acids is 1. The molecule has 0 aliphatic heterocycles. The van der Waals surface area contributed by atoms with Crippen molar-refractivity contribution in [3.8, 4) is 0 Å². The van der Waals surface area contributed by atoms with Crippen LogP contribution in [0.5, 0.6) is 0 Å². The van der Waals surface area contributed by atoms with Crippen LogP contribution in [0.25, 0.3) is 0 Å². The van der Waals surface area contributed by atoms with Crippen LogP contribution < -0.4 is 10.6 Å². The minimum Gasteiger partial charge on any atom is -0.477 e. The number of carboxylic acids is 1. The second-order valence-corrected chi connectivity index (χ2v) is 6.17. The molecule has 2 aliphatic carbocycles. The Kier molecular flexibility index (Phi) is 6.62. The number of carbonyl (C=O) groups excluding carboxylic acids is 2. The number of amides is 2. The van der Waals surface area contributed by atoms with Crippen molar-refractivity contribution in [2.24, 2.45) is 11.8 Å². The monoisotopic (exact) mass is 370 g/mol. The van der Waals surface area contributed by atoms with Gasteiger partial charge in [0.25, 0.3) is 0 Å². The third kappa shape index (κ3) is 5.48. The highest BCUT2D eigenvalue weighted by Crippen LogP contribution is 2.29. The van der Waals surface area contributed by atoms with E-state index in [1.807, 2.05) is 0 Å². The van der Waals surface area contributed by atoms with E-state index in [1.54, 1.807) is 0 Å². The number of nitrogens with one attached hydrogen (secondary N) is 2. The lowest BCUT2D eigenvalue weighted by Crippen LogP contribution is -2.25. The first-order valence-electron chi connectivity index (χ1n) is 8.21. The molecule has 2 saturated carbocycles. The fourth-order valence-electron chi connectivity index (χ4n) is 2.17. The van der Waals surface area contributed by atoms with Crippen LogP contribution in [0, 0.1) is 23.5 Å². The zero-order valence-corrected chi connectivity index (χ0v) is 13.9. The summed E-state index contributed by atoms with van der Waals surface area (Å²) in [6, 6.07) is 2.01. The van der Waals surface area contributed by atoms with Crippen LogP contribution in [0.2, 0.25) is 0 Å². The summed E-state index contributed by atoms with van der Waals surface area (Å²) in [5.74, 6) is -3.94. The van der Waals surface area contributed by atoms with E-state index in [9.17, 15) is 23.2 Å². The number of hydrogen-bond acceptors (Lipinski definition) is 4. The van der Waals surface area contributed by atoms with Crippen LogP contribution in [-0.2, 0) is 16.1 Å². The van der Waals surface area contributed by atoms with Gasteiger partial charge in [-0.1, -0.05) is 6.07 Å². The molecule has 0 bridgehead atoms. The standard InChI is InChI=1S/C12H11F2NO3.C5H9NO2/c13-8-4-3-7(10(14)9(8)12(17)18)5-15-11(16)6-1-2-6;7-3-6-5(8)4-1-2-4/h3-4,6H,1-2,5H2,(H,15,16)(H,17,18);4,7H,1-3H2,(H,6,8). The summed E-state index contributed by atoms with van der Waals surface area (Å²) in [6.45, 7) is -0.364. The van der Waals surface area contributed by atoms with E-state index in [4.69, 9.17) is 10.2 Å². The van der Waals surface area contributed by atoms with E-state index in [0.29, 0.717) is 0 Å². The van der Waals surface area contributed by atoms with Crippen LogP contribution in [0.1, 0.15) is 41.6 Å². The normalized spacial score (nSPS) is 15.5. The molecule has 0 radical (unpaired) electrons. The topological polar surface area (TPSA) is 116 Å². The van der Waals surface area contributed by atoms with Crippen molar-refractivity contribution < 1.29 is 33.4 Å². The number of aliphatic hydroxyl groups is 1. The molecule has 2 aliphatic rings. The van der Waals surface area contributed by atoms with Crippen molar-refractivity contribution in [3.63, 3.8) is 0 Å². The first kappa shape index (κ1) is 19.8. The average molecular weight is 370 g/mol. The molecule has 0 aromatic heterocycles. The number of halogens is 2. The highest BCUT2D eigenvalue weighted by molar-refractivity contribution is 5.88. The van der Waals surface area contributed by atoms with Gasteiger partial charge < -0.3 is 20.8 Å². The molecule has 0 atom stereocenters. The minimum absolute atomic E-state index is 0.00694. The Hall–Kier alpha value is -2.55. The zero-order chi connectivity index (χ0) is 19.3. The molecular weight excluding hydrogens is 350 g/mol. The summed E-state index contributed by atoms with van der Waals surface area (Å²) in [5, 5.41) is 21.7. The third-order valence-corrected chi connectivity index (χ3v) is 3.99. The highest BCUT2D eigenvalue weighted by atomic mass is 19.1. The van der Waals surface area contributed by atoms with Gasteiger partial charge in [-0.2, -0.15) is 0 Å². The van der Waals surface area contributed by atoms with Crippen molar-refractivity contribution in [1.29, 1.82) is 0 Å². The largest absolute Gasteiger partial charge is 0.477 e. The molecule has 2 fully saturated rings. The molecule has 7 nitrogen and oxygen atoms in total. The number of benzene rings is 1. The first-order valence-corrected chi connectivity index (χ1v) is 8.21. The molecule has 4 N–H and O–H groups in total. The number of aliphatic hydroxyl groups excluding tert-OH is 1.